The van der Waals surface area contributed by atoms with Crippen LogP contribution in [0.4, 0.5) is 0 Å². The van der Waals surface area contributed by atoms with Crippen molar-refractivity contribution in [3.63, 3.8) is 0 Å². The van der Waals surface area contributed by atoms with Crippen LogP contribution < -0.4 is 4.74 Å². The largest absolute Gasteiger partial charge is 0.457 e. The molecule has 0 saturated carbocycles. The van der Waals surface area contributed by atoms with Crippen molar-refractivity contribution in [3.8, 4) is 11.5 Å². The molecule has 0 atom stereocenters. The van der Waals surface area contributed by atoms with E-state index in [0.29, 0.717) is 5.88 Å². The number of fused-ring (bicyclic) bond motifs is 1. The van der Waals surface area contributed by atoms with Gasteiger partial charge in [-0.2, -0.15) is 0 Å². The van der Waals surface area contributed by atoms with Crippen molar-refractivity contribution in [1.29, 1.82) is 0 Å². The fourth-order valence-corrected chi connectivity index (χ4v) is 2.22. The monoisotopic (exact) mass is 283 g/mol. The number of hydrogen-bond acceptors (Lipinski definition) is 2. The molecule has 3 heteroatoms. The molecular weight excluding hydrogens is 270 g/mol. The number of nitrogens with zero attached hydrogens (tertiary/aromatic N) is 1. The van der Waals surface area contributed by atoms with Gasteiger partial charge in [0.1, 0.15) is 11.5 Å². The summed E-state index contributed by atoms with van der Waals surface area (Å²) < 4.78 is 5.99. The third-order valence-corrected chi connectivity index (χ3v) is 3.39. The molecule has 0 N–H and O–H groups in total. The van der Waals surface area contributed by atoms with E-state index in [1.807, 2.05) is 54.6 Å². The first-order chi connectivity index (χ1) is 9.76. The highest BCUT2D eigenvalue weighted by Gasteiger charge is 2.07. The first-order valence-corrected chi connectivity index (χ1v) is 6.99. The molecular formula is C17H14ClNO. The molecule has 100 valence electrons. The van der Waals surface area contributed by atoms with Gasteiger partial charge in [0.25, 0.3) is 0 Å². The fourth-order valence-electron chi connectivity index (χ4n) is 2.08. The first-order valence-electron chi connectivity index (χ1n) is 6.45. The van der Waals surface area contributed by atoms with Crippen LogP contribution in [0.5, 0.6) is 11.5 Å². The number of alkyl halides is 1. The van der Waals surface area contributed by atoms with Gasteiger partial charge in [0.2, 0.25) is 0 Å². The Balaban J connectivity index is 2.07. The normalized spacial score (nSPS) is 10.7. The Morgan fingerprint density at radius 3 is 2.55 bits per heavy atom. The van der Waals surface area contributed by atoms with Crippen molar-refractivity contribution < 1.29 is 4.74 Å². The molecule has 2 aromatic carbocycles. The van der Waals surface area contributed by atoms with Gasteiger partial charge >= 0.3 is 0 Å². The number of halogens is 1. The Morgan fingerprint density at radius 2 is 1.80 bits per heavy atom. The van der Waals surface area contributed by atoms with Gasteiger partial charge in [-0.3, -0.25) is 4.98 Å². The summed E-state index contributed by atoms with van der Waals surface area (Å²) in [7, 11) is 0. The SMILES string of the molecule is Cc1ccc(Oc2cc(CCl)nc3ccccc23)cc1. The maximum atomic E-state index is 5.99. The van der Waals surface area contributed by atoms with Crippen molar-refractivity contribution in [2.45, 2.75) is 12.8 Å². The van der Waals surface area contributed by atoms with E-state index in [2.05, 4.69) is 11.9 Å². The van der Waals surface area contributed by atoms with Gasteiger partial charge in [-0.05, 0) is 31.2 Å². The van der Waals surface area contributed by atoms with E-state index < -0.39 is 0 Å². The molecule has 0 fully saturated rings. The highest BCUT2D eigenvalue weighted by Crippen LogP contribution is 2.30. The lowest BCUT2D eigenvalue weighted by molar-refractivity contribution is 0.487. The molecule has 3 rings (SSSR count). The zero-order valence-corrected chi connectivity index (χ0v) is 11.9. The minimum absolute atomic E-state index is 0.370. The van der Waals surface area contributed by atoms with Crippen LogP contribution in [-0.4, -0.2) is 4.98 Å². The molecule has 0 unspecified atom stereocenters. The van der Waals surface area contributed by atoms with Crippen LogP contribution in [0.2, 0.25) is 0 Å². The Bertz CT molecular complexity index is 738. The molecule has 0 saturated heterocycles. The van der Waals surface area contributed by atoms with E-state index >= 15 is 0 Å². The van der Waals surface area contributed by atoms with E-state index in [0.717, 1.165) is 28.1 Å². The summed E-state index contributed by atoms with van der Waals surface area (Å²) in [5.74, 6) is 1.97. The van der Waals surface area contributed by atoms with Gasteiger partial charge in [0, 0.05) is 11.5 Å². The molecule has 1 heterocycles. The summed E-state index contributed by atoms with van der Waals surface area (Å²) in [6.07, 6.45) is 0. The highest BCUT2D eigenvalue weighted by molar-refractivity contribution is 6.17. The molecule has 0 amide bonds. The number of ether oxygens (including phenoxy) is 1. The van der Waals surface area contributed by atoms with Gasteiger partial charge in [0.05, 0.1) is 17.1 Å². The number of rotatable bonds is 3. The van der Waals surface area contributed by atoms with Crippen LogP contribution >= 0.6 is 11.6 Å². The van der Waals surface area contributed by atoms with Crippen LogP contribution in [0.1, 0.15) is 11.3 Å². The Kier molecular flexibility index (Phi) is 3.57. The fraction of sp³-hybridized carbons (Fsp3) is 0.118. The molecule has 1 aromatic heterocycles. The van der Waals surface area contributed by atoms with Gasteiger partial charge in [0.15, 0.2) is 0 Å². The first kappa shape index (κ1) is 12.9. The van der Waals surface area contributed by atoms with Crippen molar-refractivity contribution in [2.24, 2.45) is 0 Å². The van der Waals surface area contributed by atoms with E-state index in [1.54, 1.807) is 0 Å². The highest BCUT2D eigenvalue weighted by atomic mass is 35.5. The lowest BCUT2D eigenvalue weighted by atomic mass is 10.2. The lowest BCUT2D eigenvalue weighted by Gasteiger charge is -2.10. The molecule has 3 aromatic rings. The number of benzene rings is 2. The summed E-state index contributed by atoms with van der Waals surface area (Å²) in [6.45, 7) is 2.05. The number of aryl methyl sites for hydroxylation is 1. The summed E-state index contributed by atoms with van der Waals surface area (Å²) in [5.41, 5.74) is 2.92. The van der Waals surface area contributed by atoms with E-state index in [9.17, 15) is 0 Å². The second-order valence-corrected chi connectivity index (χ2v) is 4.94. The van der Waals surface area contributed by atoms with Crippen LogP contribution in [0.25, 0.3) is 10.9 Å². The maximum absolute atomic E-state index is 5.99. The lowest BCUT2D eigenvalue weighted by Crippen LogP contribution is -1.92. The predicted octanol–water partition coefficient (Wildman–Crippen LogP) is 5.07. The number of aromatic nitrogens is 1. The average molecular weight is 284 g/mol. The van der Waals surface area contributed by atoms with Crippen molar-refractivity contribution in [1.82, 2.24) is 4.98 Å². The molecule has 0 spiro atoms. The van der Waals surface area contributed by atoms with E-state index in [-0.39, 0.29) is 0 Å². The number of para-hydroxylation sites is 1. The minimum Gasteiger partial charge on any atom is -0.457 e. The molecule has 0 aliphatic heterocycles. The average Bonchev–Trinajstić information content (AvgIpc) is 2.49. The molecule has 0 bridgehead atoms. The van der Waals surface area contributed by atoms with Crippen LogP contribution in [0, 0.1) is 6.92 Å². The van der Waals surface area contributed by atoms with E-state index in [4.69, 9.17) is 16.3 Å². The predicted molar refractivity (Wildman–Crippen MR) is 82.6 cm³/mol. The van der Waals surface area contributed by atoms with Crippen molar-refractivity contribution in [2.75, 3.05) is 0 Å². The van der Waals surface area contributed by atoms with Crippen LogP contribution in [0.3, 0.4) is 0 Å². The second-order valence-electron chi connectivity index (χ2n) is 4.68. The Labute approximate surface area is 123 Å². The smallest absolute Gasteiger partial charge is 0.138 e. The van der Waals surface area contributed by atoms with Crippen molar-refractivity contribution >= 4 is 22.5 Å². The number of hydrogen-bond donors (Lipinski definition) is 0. The summed E-state index contributed by atoms with van der Waals surface area (Å²) in [4.78, 5) is 4.50. The minimum atomic E-state index is 0.370. The van der Waals surface area contributed by atoms with Crippen LogP contribution in [-0.2, 0) is 5.88 Å². The second kappa shape index (κ2) is 5.51. The zero-order chi connectivity index (χ0) is 13.9. The summed E-state index contributed by atoms with van der Waals surface area (Å²) in [5, 5.41) is 0.988. The third kappa shape index (κ3) is 2.61. The van der Waals surface area contributed by atoms with E-state index in [1.165, 1.54) is 5.56 Å². The van der Waals surface area contributed by atoms with Gasteiger partial charge < -0.3 is 4.74 Å². The quantitative estimate of drug-likeness (QED) is 0.626. The topological polar surface area (TPSA) is 22.1 Å². The summed E-state index contributed by atoms with van der Waals surface area (Å²) in [6, 6.07) is 17.8. The molecule has 2 nitrogen and oxygen atoms in total. The van der Waals surface area contributed by atoms with Crippen LogP contribution in [0.15, 0.2) is 54.6 Å². The van der Waals surface area contributed by atoms with Crippen molar-refractivity contribution in [3.05, 3.63) is 65.9 Å². The Morgan fingerprint density at radius 1 is 1.05 bits per heavy atom. The molecule has 0 aliphatic rings. The standard InChI is InChI=1S/C17H14ClNO/c1-12-6-8-14(9-7-12)20-17-10-13(11-18)19-16-5-3-2-4-15(16)17/h2-10H,11H2,1H3. The molecule has 0 radical (unpaired) electrons. The Hall–Kier alpha value is -2.06. The number of pyridine rings is 1. The molecule has 20 heavy (non-hydrogen) atoms. The van der Waals surface area contributed by atoms with Gasteiger partial charge in [-0.1, -0.05) is 29.8 Å². The summed E-state index contributed by atoms with van der Waals surface area (Å²) >= 11 is 5.90. The maximum Gasteiger partial charge on any atom is 0.138 e. The zero-order valence-electron chi connectivity index (χ0n) is 11.1. The third-order valence-electron chi connectivity index (χ3n) is 3.12. The van der Waals surface area contributed by atoms with Gasteiger partial charge in [-0.25, -0.2) is 0 Å². The molecule has 0 aliphatic carbocycles. The van der Waals surface area contributed by atoms with Gasteiger partial charge in [-0.15, -0.1) is 11.6 Å².